The summed E-state index contributed by atoms with van der Waals surface area (Å²) >= 11 is 2.51. The number of benzene rings is 1. The van der Waals surface area contributed by atoms with E-state index in [1.54, 1.807) is 7.11 Å². The first kappa shape index (κ1) is 19.3. The van der Waals surface area contributed by atoms with Crippen LogP contribution in [0.4, 0.5) is 15.2 Å². The number of nitrogens with one attached hydrogen (secondary N) is 2. The van der Waals surface area contributed by atoms with Crippen molar-refractivity contribution in [3.8, 4) is 0 Å². The van der Waals surface area contributed by atoms with Crippen molar-refractivity contribution in [2.45, 2.75) is 11.3 Å². The Balaban J connectivity index is 1.90. The van der Waals surface area contributed by atoms with E-state index in [9.17, 15) is 14.0 Å². The van der Waals surface area contributed by atoms with Crippen LogP contribution in [0.3, 0.4) is 0 Å². The zero-order valence-corrected chi connectivity index (χ0v) is 15.3. The van der Waals surface area contributed by atoms with Crippen molar-refractivity contribution in [3.63, 3.8) is 0 Å². The van der Waals surface area contributed by atoms with Gasteiger partial charge in [0, 0.05) is 26.3 Å². The molecule has 0 unspecified atom stereocenters. The number of thioether (sulfide) groups is 1. The number of carbonyl (C=O) groups excluding carboxylic acids is 2. The zero-order valence-electron chi connectivity index (χ0n) is 13.7. The van der Waals surface area contributed by atoms with Gasteiger partial charge in [-0.1, -0.05) is 23.1 Å². The Labute approximate surface area is 152 Å². The van der Waals surface area contributed by atoms with E-state index in [0.29, 0.717) is 28.3 Å². The van der Waals surface area contributed by atoms with E-state index >= 15 is 0 Å². The van der Waals surface area contributed by atoms with E-state index in [-0.39, 0.29) is 23.0 Å². The second kappa shape index (κ2) is 9.44. The van der Waals surface area contributed by atoms with Crippen molar-refractivity contribution in [1.29, 1.82) is 0 Å². The summed E-state index contributed by atoms with van der Waals surface area (Å²) in [5.41, 5.74) is 0.287. The number of anilines is 2. The zero-order chi connectivity index (χ0) is 18.2. The number of methoxy groups -OCH3 is 1. The van der Waals surface area contributed by atoms with Gasteiger partial charge in [0.25, 0.3) is 0 Å². The highest BCUT2D eigenvalue weighted by atomic mass is 32.2. The Kier molecular flexibility index (Phi) is 7.29. The molecule has 10 heteroatoms. The molecule has 0 fully saturated rings. The monoisotopic (exact) mass is 384 g/mol. The molecule has 1 amide bonds. The molecule has 0 bridgehead atoms. The van der Waals surface area contributed by atoms with Crippen molar-refractivity contribution in [3.05, 3.63) is 29.6 Å². The van der Waals surface area contributed by atoms with Crippen LogP contribution in [0.1, 0.15) is 17.3 Å². The molecule has 0 saturated heterocycles. The predicted octanol–water partition coefficient (Wildman–Crippen LogP) is 2.67. The van der Waals surface area contributed by atoms with E-state index in [2.05, 4.69) is 20.8 Å². The summed E-state index contributed by atoms with van der Waals surface area (Å²) in [4.78, 5) is 23.1. The van der Waals surface area contributed by atoms with Gasteiger partial charge >= 0.3 is 0 Å². The molecular weight excluding hydrogens is 367 g/mol. The van der Waals surface area contributed by atoms with Gasteiger partial charge in [0.1, 0.15) is 5.82 Å². The number of halogens is 1. The van der Waals surface area contributed by atoms with Gasteiger partial charge < -0.3 is 15.4 Å². The number of hydrogen-bond acceptors (Lipinski definition) is 8. The van der Waals surface area contributed by atoms with Crippen LogP contribution >= 0.6 is 23.1 Å². The molecule has 0 aliphatic rings. The lowest BCUT2D eigenvalue weighted by Gasteiger charge is -2.05. The molecule has 0 aliphatic carbocycles. The molecule has 2 aromatic rings. The fraction of sp³-hybridized carbons (Fsp3) is 0.333. The minimum Gasteiger partial charge on any atom is -0.383 e. The van der Waals surface area contributed by atoms with Gasteiger partial charge in [0.05, 0.1) is 17.9 Å². The summed E-state index contributed by atoms with van der Waals surface area (Å²) in [5.74, 6) is -1.29. The Morgan fingerprint density at radius 1 is 1.36 bits per heavy atom. The van der Waals surface area contributed by atoms with Crippen LogP contribution in [0.2, 0.25) is 0 Å². The minimum absolute atomic E-state index is 0.0236. The van der Waals surface area contributed by atoms with Crippen LogP contribution in [-0.2, 0) is 9.53 Å². The lowest BCUT2D eigenvalue weighted by atomic mass is 10.1. The van der Waals surface area contributed by atoms with Crippen LogP contribution in [0.25, 0.3) is 0 Å². The number of carbonyl (C=O) groups is 2. The van der Waals surface area contributed by atoms with Crippen molar-refractivity contribution >= 4 is 45.6 Å². The molecule has 25 heavy (non-hydrogen) atoms. The van der Waals surface area contributed by atoms with Crippen LogP contribution in [0, 0.1) is 5.82 Å². The number of ketones is 1. The summed E-state index contributed by atoms with van der Waals surface area (Å²) in [6, 6.07) is 3.98. The van der Waals surface area contributed by atoms with Gasteiger partial charge in [0.2, 0.25) is 11.0 Å². The highest BCUT2D eigenvalue weighted by Gasteiger charge is 2.14. The molecule has 7 nitrogen and oxygen atoms in total. The number of aromatic nitrogens is 2. The molecule has 1 aromatic carbocycles. The third kappa shape index (κ3) is 6.07. The molecule has 0 spiro atoms. The quantitative estimate of drug-likeness (QED) is 0.390. The first-order chi connectivity index (χ1) is 12.0. The fourth-order valence-corrected chi connectivity index (χ4v) is 3.49. The van der Waals surface area contributed by atoms with Crippen molar-refractivity contribution in [2.24, 2.45) is 0 Å². The Morgan fingerprint density at radius 2 is 2.16 bits per heavy atom. The van der Waals surface area contributed by atoms with Crippen molar-refractivity contribution in [2.75, 3.05) is 36.6 Å². The van der Waals surface area contributed by atoms with Crippen molar-refractivity contribution in [1.82, 2.24) is 10.2 Å². The van der Waals surface area contributed by atoms with E-state index in [1.165, 1.54) is 42.2 Å². The number of ether oxygens (including phenoxy) is 1. The summed E-state index contributed by atoms with van der Waals surface area (Å²) < 4.78 is 19.6. The summed E-state index contributed by atoms with van der Waals surface area (Å²) in [7, 11) is 1.61. The van der Waals surface area contributed by atoms with E-state index < -0.39 is 5.82 Å². The molecule has 1 heterocycles. The number of rotatable bonds is 9. The number of amides is 1. The molecule has 1 aromatic heterocycles. The standard InChI is InChI=1S/C15H17FN4O3S2/c1-9(21)18-10-3-4-11(12(16)7-10)13(22)8-24-15-20-19-14(25-15)17-5-6-23-2/h3-4,7H,5-6,8H2,1-2H3,(H,17,19)(H,18,21). The third-order valence-corrected chi connectivity index (χ3v) is 4.92. The fourth-order valence-electron chi connectivity index (χ4n) is 1.83. The lowest BCUT2D eigenvalue weighted by Crippen LogP contribution is -2.09. The second-order valence-corrected chi connectivity index (χ2v) is 7.08. The van der Waals surface area contributed by atoms with Crippen molar-refractivity contribution < 1.29 is 18.7 Å². The summed E-state index contributed by atoms with van der Waals surface area (Å²) in [6.45, 7) is 2.49. The van der Waals surface area contributed by atoms with Gasteiger partial charge in [-0.25, -0.2) is 4.39 Å². The lowest BCUT2D eigenvalue weighted by molar-refractivity contribution is -0.114. The minimum atomic E-state index is -0.670. The number of nitrogens with zero attached hydrogens (tertiary/aromatic N) is 2. The van der Waals surface area contributed by atoms with Crippen LogP contribution in [-0.4, -0.2) is 47.9 Å². The first-order valence-electron chi connectivity index (χ1n) is 7.29. The van der Waals surface area contributed by atoms with Gasteiger partial charge in [0.15, 0.2) is 10.1 Å². The highest BCUT2D eigenvalue weighted by Crippen LogP contribution is 2.26. The van der Waals surface area contributed by atoms with Crippen LogP contribution in [0.15, 0.2) is 22.5 Å². The maximum Gasteiger partial charge on any atom is 0.221 e. The molecule has 134 valence electrons. The maximum atomic E-state index is 14.0. The highest BCUT2D eigenvalue weighted by molar-refractivity contribution is 8.01. The predicted molar refractivity (Wildman–Crippen MR) is 96.0 cm³/mol. The first-order valence-corrected chi connectivity index (χ1v) is 9.09. The Morgan fingerprint density at radius 3 is 2.84 bits per heavy atom. The molecule has 2 N–H and O–H groups in total. The average Bonchev–Trinajstić information content (AvgIpc) is 3.00. The topological polar surface area (TPSA) is 93.2 Å². The number of hydrogen-bond donors (Lipinski definition) is 2. The van der Waals surface area contributed by atoms with Gasteiger partial charge in [-0.15, -0.1) is 10.2 Å². The van der Waals surface area contributed by atoms with Gasteiger partial charge in [-0.05, 0) is 18.2 Å². The van der Waals surface area contributed by atoms with Gasteiger partial charge in [-0.2, -0.15) is 0 Å². The average molecular weight is 384 g/mol. The van der Waals surface area contributed by atoms with E-state index in [1.807, 2.05) is 0 Å². The molecule has 0 radical (unpaired) electrons. The smallest absolute Gasteiger partial charge is 0.221 e. The molecule has 0 aliphatic heterocycles. The van der Waals surface area contributed by atoms with Crippen LogP contribution in [0.5, 0.6) is 0 Å². The normalized spacial score (nSPS) is 10.5. The van der Waals surface area contributed by atoms with Gasteiger partial charge in [-0.3, -0.25) is 9.59 Å². The summed E-state index contributed by atoms with van der Waals surface area (Å²) in [5, 5.41) is 14.1. The second-order valence-electron chi connectivity index (χ2n) is 4.88. The maximum absolute atomic E-state index is 14.0. The molecule has 0 atom stereocenters. The summed E-state index contributed by atoms with van der Waals surface area (Å²) in [6.07, 6.45) is 0. The van der Waals surface area contributed by atoms with E-state index in [4.69, 9.17) is 4.74 Å². The SMILES string of the molecule is COCCNc1nnc(SCC(=O)c2ccc(NC(C)=O)cc2F)s1. The largest absolute Gasteiger partial charge is 0.383 e. The Bertz CT molecular complexity index is 754. The van der Waals surface area contributed by atoms with Crippen LogP contribution < -0.4 is 10.6 Å². The molecular formula is C15H17FN4O3S2. The Hall–Kier alpha value is -2.04. The number of Topliss-reactive ketones (excluding diaryl/α,β-unsaturated/α-hetero) is 1. The molecule has 2 rings (SSSR count). The molecule has 0 saturated carbocycles. The van der Waals surface area contributed by atoms with E-state index in [0.717, 1.165) is 6.07 Å². The third-order valence-electron chi connectivity index (χ3n) is 2.91.